The molecule has 0 aliphatic rings. The van der Waals surface area contributed by atoms with Gasteiger partial charge in [-0.15, -0.1) is 0 Å². The lowest BCUT2D eigenvalue weighted by Crippen LogP contribution is -2.30. The molecule has 0 aliphatic carbocycles. The number of nitrogens with zero attached hydrogens (tertiary/aromatic N) is 2. The molecular formula is C11H17N3O2. The van der Waals surface area contributed by atoms with Crippen LogP contribution < -0.4 is 11.3 Å². The second kappa shape index (κ2) is 5.34. The van der Waals surface area contributed by atoms with Crippen molar-refractivity contribution in [3.8, 4) is 0 Å². The molecule has 0 aliphatic heterocycles. The van der Waals surface area contributed by atoms with Crippen molar-refractivity contribution in [1.82, 2.24) is 4.57 Å². The average Bonchev–Trinajstić information content (AvgIpc) is 2.30. The second-order valence-corrected chi connectivity index (χ2v) is 3.88. The highest BCUT2D eigenvalue weighted by Crippen LogP contribution is 2.03. The van der Waals surface area contributed by atoms with E-state index in [-0.39, 0.29) is 17.0 Å². The van der Waals surface area contributed by atoms with Crippen molar-refractivity contribution < 1.29 is 5.21 Å². The van der Waals surface area contributed by atoms with E-state index in [0.29, 0.717) is 12.5 Å². The van der Waals surface area contributed by atoms with Crippen LogP contribution in [0.5, 0.6) is 0 Å². The van der Waals surface area contributed by atoms with E-state index in [1.165, 1.54) is 0 Å². The minimum absolute atomic E-state index is 0.150. The van der Waals surface area contributed by atoms with E-state index < -0.39 is 0 Å². The molecule has 0 aromatic carbocycles. The molecule has 1 heterocycles. The topological polar surface area (TPSA) is 80.6 Å². The number of nitrogens with two attached hydrogens (primary N) is 1. The van der Waals surface area contributed by atoms with Gasteiger partial charge >= 0.3 is 0 Å². The molecule has 1 atom stereocenters. The van der Waals surface area contributed by atoms with Gasteiger partial charge in [-0.3, -0.25) is 4.79 Å². The summed E-state index contributed by atoms with van der Waals surface area (Å²) in [7, 11) is 0. The molecule has 0 spiro atoms. The molecule has 0 saturated carbocycles. The number of oxime groups is 1. The fourth-order valence-electron chi connectivity index (χ4n) is 1.39. The van der Waals surface area contributed by atoms with Crippen LogP contribution in [0.3, 0.4) is 0 Å². The van der Waals surface area contributed by atoms with Crippen molar-refractivity contribution in [3.05, 3.63) is 34.2 Å². The Hall–Kier alpha value is -1.78. The van der Waals surface area contributed by atoms with Crippen LogP contribution in [0, 0.1) is 5.92 Å². The lowest BCUT2D eigenvalue weighted by Gasteiger charge is -2.11. The number of hydrogen-bond donors (Lipinski definition) is 2. The van der Waals surface area contributed by atoms with Gasteiger partial charge in [-0.1, -0.05) is 25.4 Å². The molecule has 1 rings (SSSR count). The first-order chi connectivity index (χ1) is 7.60. The van der Waals surface area contributed by atoms with Crippen LogP contribution in [0.15, 0.2) is 28.3 Å². The summed E-state index contributed by atoms with van der Waals surface area (Å²) in [6.07, 6.45) is 2.71. The van der Waals surface area contributed by atoms with Crippen molar-refractivity contribution in [2.45, 2.75) is 26.8 Å². The van der Waals surface area contributed by atoms with Gasteiger partial charge in [0.2, 0.25) is 0 Å². The molecule has 16 heavy (non-hydrogen) atoms. The fourth-order valence-corrected chi connectivity index (χ4v) is 1.39. The summed E-state index contributed by atoms with van der Waals surface area (Å²) < 4.78 is 1.58. The second-order valence-electron chi connectivity index (χ2n) is 3.88. The van der Waals surface area contributed by atoms with Gasteiger partial charge in [0.25, 0.3) is 5.56 Å². The number of hydrogen-bond acceptors (Lipinski definition) is 3. The predicted octanol–water partition coefficient (Wildman–Crippen LogP) is 0.989. The van der Waals surface area contributed by atoms with Gasteiger partial charge in [0.15, 0.2) is 5.84 Å². The minimum atomic E-state index is -0.224. The minimum Gasteiger partial charge on any atom is -0.409 e. The molecule has 0 saturated heterocycles. The molecule has 5 nitrogen and oxygen atoms in total. The molecule has 5 heteroatoms. The monoisotopic (exact) mass is 223 g/mol. The normalized spacial score (nSPS) is 13.8. The Labute approximate surface area is 94.2 Å². The molecule has 0 amide bonds. The number of amidine groups is 1. The van der Waals surface area contributed by atoms with Gasteiger partial charge in [-0.05, 0) is 18.1 Å². The zero-order valence-electron chi connectivity index (χ0n) is 9.55. The molecule has 88 valence electrons. The van der Waals surface area contributed by atoms with Crippen molar-refractivity contribution in [2.75, 3.05) is 0 Å². The quantitative estimate of drug-likeness (QED) is 0.345. The lowest BCUT2D eigenvalue weighted by atomic mass is 10.1. The number of rotatable bonds is 4. The van der Waals surface area contributed by atoms with Crippen molar-refractivity contribution in [1.29, 1.82) is 0 Å². The van der Waals surface area contributed by atoms with Crippen molar-refractivity contribution in [3.63, 3.8) is 0 Å². The van der Waals surface area contributed by atoms with E-state index in [1.54, 1.807) is 22.9 Å². The van der Waals surface area contributed by atoms with Gasteiger partial charge in [0.1, 0.15) is 0 Å². The number of pyridine rings is 1. The maximum atomic E-state index is 11.9. The summed E-state index contributed by atoms with van der Waals surface area (Å²) in [5.41, 5.74) is 5.42. The zero-order valence-corrected chi connectivity index (χ0v) is 9.55. The molecular weight excluding hydrogens is 206 g/mol. The van der Waals surface area contributed by atoms with Crippen LogP contribution in [0.1, 0.15) is 25.8 Å². The van der Waals surface area contributed by atoms with E-state index in [1.807, 2.05) is 0 Å². The molecule has 1 aromatic rings. The largest absolute Gasteiger partial charge is 0.409 e. The molecule has 3 N–H and O–H groups in total. The van der Waals surface area contributed by atoms with Crippen LogP contribution in [0.2, 0.25) is 0 Å². The maximum Gasteiger partial charge on any atom is 0.261 e. The van der Waals surface area contributed by atoms with Crippen molar-refractivity contribution in [2.24, 2.45) is 16.8 Å². The fraction of sp³-hybridized carbons (Fsp3) is 0.455. The average molecular weight is 223 g/mol. The molecule has 0 fully saturated rings. The Balaban J connectivity index is 3.10. The Bertz CT molecular complexity index is 437. The summed E-state index contributed by atoms with van der Waals surface area (Å²) >= 11 is 0. The van der Waals surface area contributed by atoms with Gasteiger partial charge in [-0.2, -0.15) is 0 Å². The first-order valence-corrected chi connectivity index (χ1v) is 5.27. The summed E-state index contributed by atoms with van der Waals surface area (Å²) in [5, 5.41) is 11.4. The molecule has 1 unspecified atom stereocenters. The smallest absolute Gasteiger partial charge is 0.261 e. The van der Waals surface area contributed by atoms with Gasteiger partial charge in [-0.25, -0.2) is 0 Å². The first kappa shape index (κ1) is 12.3. The van der Waals surface area contributed by atoms with Crippen LogP contribution in [0.4, 0.5) is 0 Å². The third-order valence-corrected chi connectivity index (χ3v) is 2.61. The summed E-state index contributed by atoms with van der Waals surface area (Å²) in [6.45, 7) is 4.79. The van der Waals surface area contributed by atoms with Crippen LogP contribution in [-0.4, -0.2) is 15.6 Å². The van der Waals surface area contributed by atoms with Crippen LogP contribution in [0.25, 0.3) is 0 Å². The predicted molar refractivity (Wildman–Crippen MR) is 62.7 cm³/mol. The highest BCUT2D eigenvalue weighted by atomic mass is 16.4. The van der Waals surface area contributed by atoms with E-state index in [0.717, 1.165) is 6.42 Å². The summed E-state index contributed by atoms with van der Waals surface area (Å²) in [6, 6.07) is 3.27. The van der Waals surface area contributed by atoms with E-state index in [9.17, 15) is 4.79 Å². The highest BCUT2D eigenvalue weighted by molar-refractivity contribution is 5.96. The Kier molecular flexibility index (Phi) is 4.10. The third kappa shape index (κ3) is 2.62. The maximum absolute atomic E-state index is 11.9. The lowest BCUT2D eigenvalue weighted by molar-refractivity contribution is 0.318. The standard InChI is InChI=1S/C11H17N3O2/c1-3-8(2)7-14-6-4-5-9(11(14)15)10(12)13-16/h4-6,8,16H,3,7H2,1-2H3,(H2,12,13). The SMILES string of the molecule is CCC(C)Cn1cccc(/C(N)=N/O)c1=O. The highest BCUT2D eigenvalue weighted by Gasteiger charge is 2.08. The van der Waals surface area contributed by atoms with Gasteiger partial charge in [0, 0.05) is 12.7 Å². The molecule has 0 radical (unpaired) electrons. The van der Waals surface area contributed by atoms with E-state index in [4.69, 9.17) is 10.9 Å². The van der Waals surface area contributed by atoms with Gasteiger partial charge < -0.3 is 15.5 Å². The van der Waals surface area contributed by atoms with E-state index in [2.05, 4.69) is 19.0 Å². The van der Waals surface area contributed by atoms with E-state index >= 15 is 0 Å². The van der Waals surface area contributed by atoms with Gasteiger partial charge in [0.05, 0.1) is 5.56 Å². The molecule has 0 bridgehead atoms. The Morgan fingerprint density at radius 1 is 1.69 bits per heavy atom. The van der Waals surface area contributed by atoms with Crippen LogP contribution >= 0.6 is 0 Å². The number of aromatic nitrogens is 1. The van der Waals surface area contributed by atoms with Crippen molar-refractivity contribution >= 4 is 5.84 Å². The first-order valence-electron chi connectivity index (χ1n) is 5.27. The third-order valence-electron chi connectivity index (χ3n) is 2.61. The van der Waals surface area contributed by atoms with Crippen LogP contribution in [-0.2, 0) is 6.54 Å². The summed E-state index contributed by atoms with van der Waals surface area (Å²) in [5.74, 6) is 0.267. The zero-order chi connectivity index (χ0) is 12.1. The molecule has 1 aromatic heterocycles. The Morgan fingerprint density at radius 3 is 2.94 bits per heavy atom. The Morgan fingerprint density at radius 2 is 2.38 bits per heavy atom. The summed E-state index contributed by atoms with van der Waals surface area (Å²) in [4.78, 5) is 11.9.